The van der Waals surface area contributed by atoms with Gasteiger partial charge in [0.15, 0.2) is 5.82 Å². The number of hydrogen-bond acceptors (Lipinski definition) is 8. The van der Waals surface area contributed by atoms with Crippen LogP contribution in [0.5, 0.6) is 0 Å². The van der Waals surface area contributed by atoms with E-state index in [1.807, 2.05) is 46.9 Å². The van der Waals surface area contributed by atoms with Gasteiger partial charge >= 0.3 is 0 Å². The molecule has 0 N–H and O–H groups in total. The van der Waals surface area contributed by atoms with Gasteiger partial charge in [-0.15, -0.1) is 0 Å². The lowest BCUT2D eigenvalue weighted by atomic mass is 10.0. The summed E-state index contributed by atoms with van der Waals surface area (Å²) in [5.74, 6) is 2.28. The maximum atomic E-state index is 13.9. The van der Waals surface area contributed by atoms with E-state index in [9.17, 15) is 4.79 Å². The maximum absolute atomic E-state index is 13.9. The first-order valence-corrected chi connectivity index (χ1v) is 14.6. The molecule has 0 amide bonds. The Kier molecular flexibility index (Phi) is 9.56. The number of halogens is 1. The molecule has 204 valence electrons. The van der Waals surface area contributed by atoms with Crippen molar-refractivity contribution < 1.29 is 4.84 Å². The number of aryl methyl sites for hydroxylation is 1. The predicted octanol–water partition coefficient (Wildman–Crippen LogP) is 6.49. The highest BCUT2D eigenvalue weighted by molar-refractivity contribution is 14.1. The van der Waals surface area contributed by atoms with Crippen molar-refractivity contribution in [3.8, 4) is 0 Å². The van der Waals surface area contributed by atoms with E-state index in [1.54, 1.807) is 6.20 Å². The number of nitrogens with zero attached hydrogens (tertiary/aromatic N) is 7. The molecule has 1 aliphatic rings. The summed E-state index contributed by atoms with van der Waals surface area (Å²) in [6.45, 7) is 12.4. The molecule has 1 aliphatic carbocycles. The van der Waals surface area contributed by atoms with Gasteiger partial charge in [0, 0.05) is 36.8 Å². The lowest BCUT2D eigenvalue weighted by Crippen LogP contribution is -2.30. The molecule has 0 aliphatic heterocycles. The third kappa shape index (κ3) is 5.79. The fourth-order valence-electron chi connectivity index (χ4n) is 5.29. The van der Waals surface area contributed by atoms with Gasteiger partial charge in [0.25, 0.3) is 5.56 Å². The highest BCUT2D eigenvalue weighted by Gasteiger charge is 2.25. The van der Waals surface area contributed by atoms with E-state index >= 15 is 0 Å². The van der Waals surface area contributed by atoms with Crippen LogP contribution in [-0.4, -0.2) is 44.9 Å². The van der Waals surface area contributed by atoms with Gasteiger partial charge in [0.1, 0.15) is 18.2 Å². The van der Waals surface area contributed by atoms with Gasteiger partial charge in [-0.3, -0.25) is 4.79 Å². The normalized spacial score (nSPS) is 14.3. The van der Waals surface area contributed by atoms with Crippen molar-refractivity contribution >= 4 is 56.9 Å². The van der Waals surface area contributed by atoms with Crippen LogP contribution >= 0.6 is 22.9 Å². The number of rotatable bonds is 11. The van der Waals surface area contributed by atoms with E-state index in [1.165, 1.54) is 0 Å². The molecular formula is C28H38IN7O2. The summed E-state index contributed by atoms with van der Waals surface area (Å²) in [5, 5.41) is 5.14. The average molecular weight is 632 g/mol. The van der Waals surface area contributed by atoms with Gasteiger partial charge in [0.05, 0.1) is 52.1 Å². The van der Waals surface area contributed by atoms with E-state index in [0.717, 1.165) is 73.9 Å². The van der Waals surface area contributed by atoms with Crippen molar-refractivity contribution in [3.63, 3.8) is 0 Å². The molecule has 0 atom stereocenters. The molecule has 0 bridgehead atoms. The molecule has 4 rings (SSSR count). The highest BCUT2D eigenvalue weighted by atomic mass is 127. The van der Waals surface area contributed by atoms with Gasteiger partial charge in [-0.1, -0.05) is 31.8 Å². The molecular weight excluding hydrogens is 593 g/mol. The second-order valence-electron chi connectivity index (χ2n) is 9.77. The molecule has 0 unspecified atom stereocenters. The smallest absolute Gasteiger partial charge is 0.260 e. The van der Waals surface area contributed by atoms with Crippen molar-refractivity contribution in [2.45, 2.75) is 79.2 Å². The minimum atomic E-state index is -0.0175. The Labute approximate surface area is 238 Å². The Morgan fingerprint density at radius 2 is 1.68 bits per heavy atom. The van der Waals surface area contributed by atoms with Crippen LogP contribution in [0.4, 0.5) is 17.5 Å². The van der Waals surface area contributed by atoms with Gasteiger partial charge in [0.2, 0.25) is 0 Å². The standard InChI is InChI=1S/C28H38IN7O2/c1-6-13-34(14-7-2)25-17-32-26(18-31-25)36(29)24-15-23-22(16-30-24)19(4)27(20(5)33-38-8-3)28(37)35(23)21-11-9-10-12-21/h15-18,21H,6-14H2,1-5H3/b33-20+. The van der Waals surface area contributed by atoms with Crippen molar-refractivity contribution in [1.29, 1.82) is 0 Å². The molecule has 10 heteroatoms. The lowest BCUT2D eigenvalue weighted by Gasteiger charge is -2.23. The predicted molar refractivity (Wildman–Crippen MR) is 163 cm³/mol. The number of fused-ring (bicyclic) bond motifs is 1. The molecule has 0 saturated heterocycles. The first-order chi connectivity index (χ1) is 18.4. The van der Waals surface area contributed by atoms with Gasteiger partial charge in [-0.2, -0.15) is 0 Å². The summed E-state index contributed by atoms with van der Waals surface area (Å²) in [6.07, 6.45) is 11.8. The summed E-state index contributed by atoms with van der Waals surface area (Å²) in [5.41, 5.74) is 2.94. The zero-order chi connectivity index (χ0) is 27.2. The Balaban J connectivity index is 1.77. The Morgan fingerprint density at radius 1 is 1.05 bits per heavy atom. The van der Waals surface area contributed by atoms with Crippen LogP contribution in [0.3, 0.4) is 0 Å². The minimum absolute atomic E-state index is 0.0175. The molecule has 1 fully saturated rings. The van der Waals surface area contributed by atoms with E-state index in [0.29, 0.717) is 29.5 Å². The zero-order valence-corrected chi connectivity index (χ0v) is 25.2. The van der Waals surface area contributed by atoms with E-state index in [4.69, 9.17) is 19.8 Å². The average Bonchev–Trinajstić information content (AvgIpc) is 3.46. The topological polar surface area (TPSA) is 88.7 Å². The quantitative estimate of drug-likeness (QED) is 0.104. The summed E-state index contributed by atoms with van der Waals surface area (Å²) in [6, 6.07) is 2.16. The summed E-state index contributed by atoms with van der Waals surface area (Å²) in [7, 11) is 0. The Hall–Kier alpha value is -2.76. The molecule has 9 nitrogen and oxygen atoms in total. The molecule has 1 saturated carbocycles. The molecule has 3 aromatic rings. The minimum Gasteiger partial charge on any atom is -0.396 e. The fraction of sp³-hybridized carbons (Fsp3) is 0.536. The van der Waals surface area contributed by atoms with Crippen molar-refractivity contribution in [3.05, 3.63) is 46.1 Å². The van der Waals surface area contributed by atoms with Crippen LogP contribution in [0.2, 0.25) is 0 Å². The third-order valence-corrected chi connectivity index (χ3v) is 8.05. The second-order valence-corrected chi connectivity index (χ2v) is 10.7. The van der Waals surface area contributed by atoms with Gasteiger partial charge in [-0.25, -0.2) is 18.1 Å². The lowest BCUT2D eigenvalue weighted by molar-refractivity contribution is 0.159. The van der Waals surface area contributed by atoms with Crippen LogP contribution in [0.25, 0.3) is 10.9 Å². The third-order valence-electron chi connectivity index (χ3n) is 7.06. The molecule has 38 heavy (non-hydrogen) atoms. The van der Waals surface area contributed by atoms with Crippen LogP contribution in [-0.2, 0) is 4.84 Å². The summed E-state index contributed by atoms with van der Waals surface area (Å²) < 4.78 is 3.86. The molecule has 0 radical (unpaired) electrons. The Bertz CT molecular complexity index is 1330. The first-order valence-electron chi connectivity index (χ1n) is 13.7. The SMILES string of the molecule is CCCN(CCC)c1cnc(N(I)c2cc3c(cn2)c(C)c(/C(C)=N/OCC)c(=O)n3C2CCCC2)cn1. The van der Waals surface area contributed by atoms with E-state index in [2.05, 4.69) is 46.8 Å². The Morgan fingerprint density at radius 3 is 2.29 bits per heavy atom. The van der Waals surface area contributed by atoms with Crippen molar-refractivity contribution in [1.82, 2.24) is 19.5 Å². The molecule has 0 spiro atoms. The second kappa shape index (κ2) is 12.9. The largest absolute Gasteiger partial charge is 0.396 e. The van der Waals surface area contributed by atoms with E-state index < -0.39 is 0 Å². The van der Waals surface area contributed by atoms with Crippen LogP contribution in [0.1, 0.15) is 83.4 Å². The number of pyridine rings is 2. The van der Waals surface area contributed by atoms with Crippen molar-refractivity contribution in [2.24, 2.45) is 5.16 Å². The highest BCUT2D eigenvalue weighted by Crippen LogP contribution is 2.35. The molecule has 0 aromatic carbocycles. The number of anilines is 3. The van der Waals surface area contributed by atoms with Gasteiger partial charge < -0.3 is 14.3 Å². The monoisotopic (exact) mass is 631 g/mol. The first kappa shape index (κ1) is 28.3. The zero-order valence-electron chi connectivity index (χ0n) is 23.1. The van der Waals surface area contributed by atoms with Crippen LogP contribution in [0, 0.1) is 6.92 Å². The maximum Gasteiger partial charge on any atom is 0.260 e. The van der Waals surface area contributed by atoms with E-state index in [-0.39, 0.29) is 11.6 Å². The molecule has 3 aromatic heterocycles. The summed E-state index contributed by atoms with van der Waals surface area (Å²) >= 11 is 2.21. The van der Waals surface area contributed by atoms with Crippen molar-refractivity contribution in [2.75, 3.05) is 27.7 Å². The van der Waals surface area contributed by atoms with Gasteiger partial charge in [-0.05, 0) is 52.0 Å². The number of oxime groups is 1. The summed E-state index contributed by atoms with van der Waals surface area (Å²) in [4.78, 5) is 35.6. The fourth-order valence-corrected chi connectivity index (χ4v) is 5.80. The van der Waals surface area contributed by atoms with Crippen LogP contribution in [0.15, 0.2) is 34.6 Å². The molecule has 3 heterocycles. The van der Waals surface area contributed by atoms with Crippen LogP contribution < -0.4 is 13.6 Å². The number of aromatic nitrogens is 4. The number of hydrogen-bond donors (Lipinski definition) is 0.